The number of hydrogen-bond donors (Lipinski definition) is 2. The molecule has 0 saturated heterocycles. The van der Waals surface area contributed by atoms with Gasteiger partial charge in [-0.2, -0.15) is 0 Å². The fraction of sp³-hybridized carbons (Fsp3) is 0.214. The van der Waals surface area contributed by atoms with Crippen LogP contribution in [0.15, 0.2) is 46.7 Å². The van der Waals surface area contributed by atoms with E-state index in [1.807, 2.05) is 30.3 Å². The number of nitrogens with zero attached hydrogens (tertiary/aromatic N) is 2. The minimum atomic E-state index is 0.0858. The van der Waals surface area contributed by atoms with Crippen molar-refractivity contribution in [2.75, 3.05) is 11.1 Å². The number of carbonyl (C=O) groups excluding carboxylic acids is 1. The van der Waals surface area contributed by atoms with Crippen LogP contribution < -0.4 is 11.1 Å². The van der Waals surface area contributed by atoms with Gasteiger partial charge in [-0.15, -0.1) is 0 Å². The predicted molar refractivity (Wildman–Crippen MR) is 73.8 cm³/mol. The van der Waals surface area contributed by atoms with Gasteiger partial charge in [-0.25, -0.2) is 4.63 Å². The molecule has 0 saturated carbocycles. The summed E-state index contributed by atoms with van der Waals surface area (Å²) in [4.78, 5) is 11.9. The third-order valence-electron chi connectivity index (χ3n) is 3.31. The second kappa shape index (κ2) is 5.16. The van der Waals surface area contributed by atoms with E-state index in [2.05, 4.69) is 20.3 Å². The third kappa shape index (κ3) is 2.54. The number of ketones is 1. The maximum absolute atomic E-state index is 11.9. The number of nitrogen functional groups attached to an aromatic ring is 1. The Morgan fingerprint density at radius 1 is 1.20 bits per heavy atom. The lowest BCUT2D eigenvalue weighted by atomic mass is 9.85. The first-order valence-corrected chi connectivity index (χ1v) is 6.36. The molecule has 6 nitrogen and oxygen atoms in total. The van der Waals surface area contributed by atoms with E-state index in [1.54, 1.807) is 6.08 Å². The van der Waals surface area contributed by atoms with Crippen LogP contribution in [0.2, 0.25) is 0 Å². The van der Waals surface area contributed by atoms with Crippen molar-refractivity contribution in [2.24, 2.45) is 0 Å². The standard InChI is InChI=1S/C14H14N4O2/c15-13-14(18-20-17-13)16-11-6-10(7-12(19)8-11)9-4-2-1-3-5-9/h1-5,8,10H,6-7H2,(H2,15,17)(H,16,18)/t10-/m1/s1. The molecule has 1 aromatic carbocycles. The highest BCUT2D eigenvalue weighted by Gasteiger charge is 2.23. The zero-order valence-electron chi connectivity index (χ0n) is 10.7. The molecule has 0 bridgehead atoms. The normalized spacial score (nSPS) is 18.7. The molecule has 1 aliphatic carbocycles. The number of anilines is 2. The number of aromatic nitrogens is 2. The topological polar surface area (TPSA) is 94.0 Å². The van der Waals surface area contributed by atoms with Gasteiger partial charge in [-0.1, -0.05) is 30.3 Å². The Balaban J connectivity index is 1.79. The molecule has 0 aliphatic heterocycles. The number of rotatable bonds is 3. The van der Waals surface area contributed by atoms with Crippen LogP contribution >= 0.6 is 0 Å². The molecule has 0 amide bonds. The van der Waals surface area contributed by atoms with Crippen molar-refractivity contribution in [3.8, 4) is 0 Å². The van der Waals surface area contributed by atoms with E-state index in [9.17, 15) is 4.79 Å². The van der Waals surface area contributed by atoms with Crippen molar-refractivity contribution in [1.82, 2.24) is 10.3 Å². The number of hydrogen-bond acceptors (Lipinski definition) is 6. The molecule has 0 fully saturated rings. The molecule has 0 unspecified atom stereocenters. The molecular weight excluding hydrogens is 256 g/mol. The fourth-order valence-electron chi connectivity index (χ4n) is 2.37. The van der Waals surface area contributed by atoms with E-state index in [4.69, 9.17) is 5.73 Å². The van der Waals surface area contributed by atoms with Gasteiger partial charge in [0.25, 0.3) is 0 Å². The maximum atomic E-state index is 11.9. The van der Waals surface area contributed by atoms with Crippen LogP contribution in [0.25, 0.3) is 0 Å². The Morgan fingerprint density at radius 3 is 2.70 bits per heavy atom. The van der Waals surface area contributed by atoms with Crippen LogP contribution in [0.5, 0.6) is 0 Å². The van der Waals surface area contributed by atoms with Gasteiger partial charge in [0.05, 0.1) is 0 Å². The summed E-state index contributed by atoms with van der Waals surface area (Å²) in [7, 11) is 0. The Bertz CT molecular complexity index is 648. The van der Waals surface area contributed by atoms with Gasteiger partial charge >= 0.3 is 0 Å². The van der Waals surface area contributed by atoms with Gasteiger partial charge in [0.2, 0.25) is 11.6 Å². The largest absolute Gasteiger partial charge is 0.378 e. The zero-order valence-corrected chi connectivity index (χ0v) is 10.7. The molecule has 6 heteroatoms. The molecule has 2 aromatic rings. The maximum Gasteiger partial charge on any atom is 0.219 e. The van der Waals surface area contributed by atoms with Crippen molar-refractivity contribution < 1.29 is 9.42 Å². The van der Waals surface area contributed by atoms with Crippen molar-refractivity contribution >= 4 is 17.4 Å². The molecular formula is C14H14N4O2. The minimum Gasteiger partial charge on any atom is -0.378 e. The van der Waals surface area contributed by atoms with Gasteiger partial charge in [-0.05, 0) is 28.2 Å². The molecule has 20 heavy (non-hydrogen) atoms. The molecule has 0 spiro atoms. The summed E-state index contributed by atoms with van der Waals surface area (Å²) >= 11 is 0. The number of nitrogens with two attached hydrogens (primary N) is 1. The van der Waals surface area contributed by atoms with Crippen molar-refractivity contribution in [3.63, 3.8) is 0 Å². The highest BCUT2D eigenvalue weighted by atomic mass is 16.6. The Morgan fingerprint density at radius 2 is 2.00 bits per heavy atom. The number of allylic oxidation sites excluding steroid dienone is 2. The van der Waals surface area contributed by atoms with Crippen molar-refractivity contribution in [3.05, 3.63) is 47.7 Å². The SMILES string of the molecule is Nc1nonc1NC1=CC(=O)C[C@H](c2ccccc2)C1. The number of carbonyl (C=O) groups is 1. The summed E-state index contributed by atoms with van der Waals surface area (Å²) in [6, 6.07) is 9.99. The molecule has 1 aliphatic rings. The number of benzene rings is 1. The first kappa shape index (κ1) is 12.4. The lowest BCUT2D eigenvalue weighted by molar-refractivity contribution is -0.115. The summed E-state index contributed by atoms with van der Waals surface area (Å²) in [6.45, 7) is 0. The van der Waals surface area contributed by atoms with Gasteiger partial charge in [0, 0.05) is 18.2 Å². The monoisotopic (exact) mass is 270 g/mol. The fourth-order valence-corrected chi connectivity index (χ4v) is 2.37. The average Bonchev–Trinajstić information content (AvgIpc) is 2.85. The van der Waals surface area contributed by atoms with Crippen LogP contribution in [0.1, 0.15) is 24.3 Å². The van der Waals surface area contributed by atoms with E-state index in [0.717, 1.165) is 17.7 Å². The second-order valence-electron chi connectivity index (χ2n) is 4.77. The lowest BCUT2D eigenvalue weighted by Crippen LogP contribution is -2.17. The van der Waals surface area contributed by atoms with Crippen LogP contribution in [0.3, 0.4) is 0 Å². The summed E-state index contributed by atoms with van der Waals surface area (Å²) in [5, 5.41) is 10.2. The van der Waals surface area contributed by atoms with Crippen LogP contribution in [-0.4, -0.2) is 16.1 Å². The first-order chi connectivity index (χ1) is 9.72. The molecule has 1 aromatic heterocycles. The molecule has 3 N–H and O–H groups in total. The van der Waals surface area contributed by atoms with E-state index in [0.29, 0.717) is 12.2 Å². The van der Waals surface area contributed by atoms with Crippen molar-refractivity contribution in [2.45, 2.75) is 18.8 Å². The molecule has 1 atom stereocenters. The van der Waals surface area contributed by atoms with Crippen molar-refractivity contribution in [1.29, 1.82) is 0 Å². The molecule has 1 heterocycles. The van der Waals surface area contributed by atoms with Crippen LogP contribution in [0.4, 0.5) is 11.6 Å². The van der Waals surface area contributed by atoms with Gasteiger partial charge < -0.3 is 11.1 Å². The third-order valence-corrected chi connectivity index (χ3v) is 3.31. The van der Waals surface area contributed by atoms with E-state index < -0.39 is 0 Å². The number of nitrogens with one attached hydrogen (secondary N) is 1. The second-order valence-corrected chi connectivity index (χ2v) is 4.77. The highest BCUT2D eigenvalue weighted by molar-refractivity contribution is 5.92. The highest BCUT2D eigenvalue weighted by Crippen LogP contribution is 2.32. The Kier molecular flexibility index (Phi) is 3.20. The molecule has 3 rings (SSSR count). The van der Waals surface area contributed by atoms with Gasteiger partial charge in [-0.3, -0.25) is 4.79 Å². The van der Waals surface area contributed by atoms with Gasteiger partial charge in [0.15, 0.2) is 5.78 Å². The lowest BCUT2D eigenvalue weighted by Gasteiger charge is -2.22. The quantitative estimate of drug-likeness (QED) is 0.887. The van der Waals surface area contributed by atoms with Crippen LogP contribution in [0, 0.1) is 0 Å². The summed E-state index contributed by atoms with van der Waals surface area (Å²) in [5.41, 5.74) is 7.52. The molecule has 0 radical (unpaired) electrons. The first-order valence-electron chi connectivity index (χ1n) is 6.36. The van der Waals surface area contributed by atoms with E-state index in [-0.39, 0.29) is 17.5 Å². The summed E-state index contributed by atoms with van der Waals surface area (Å²) in [6.07, 6.45) is 2.83. The van der Waals surface area contributed by atoms with Crippen LogP contribution in [-0.2, 0) is 4.79 Å². The Hall–Kier alpha value is -2.63. The Labute approximate surface area is 115 Å². The van der Waals surface area contributed by atoms with Gasteiger partial charge in [0.1, 0.15) is 0 Å². The predicted octanol–water partition coefficient (Wildman–Crippen LogP) is 2.09. The smallest absolute Gasteiger partial charge is 0.219 e. The summed E-state index contributed by atoms with van der Waals surface area (Å²) < 4.78 is 4.53. The van der Waals surface area contributed by atoms with E-state index in [1.165, 1.54) is 0 Å². The average molecular weight is 270 g/mol. The minimum absolute atomic E-state index is 0.0858. The molecule has 102 valence electrons. The zero-order chi connectivity index (χ0) is 13.9. The summed E-state index contributed by atoms with van der Waals surface area (Å²) in [5.74, 6) is 0.776. The van der Waals surface area contributed by atoms with E-state index >= 15 is 0 Å².